The van der Waals surface area contributed by atoms with Crippen molar-refractivity contribution in [2.24, 2.45) is 11.7 Å². The van der Waals surface area contributed by atoms with Crippen LogP contribution in [0.25, 0.3) is 11.3 Å². The van der Waals surface area contributed by atoms with Gasteiger partial charge < -0.3 is 20.9 Å². The zero-order chi connectivity index (χ0) is 25.5. The molecule has 9 nitrogen and oxygen atoms in total. The number of likely N-dealkylation sites (N-methyl/N-ethyl adjacent to an activating group) is 1. The highest BCUT2D eigenvalue weighted by atomic mass is 16.1. The maximum atomic E-state index is 11.6. The SMILES string of the molecule is Cc1cc(Nc2nccc(-c3ccc(N4CCCC(C(N)=O)C4)nc3)n2)ccc1N1C[C@@H]2C[C@H]1CN2C. The lowest BCUT2D eigenvalue weighted by Gasteiger charge is -2.34. The number of anilines is 4. The lowest BCUT2D eigenvalue weighted by atomic mass is 9.97. The van der Waals surface area contributed by atoms with Gasteiger partial charge in [0.15, 0.2) is 0 Å². The molecule has 3 aliphatic rings. The predicted molar refractivity (Wildman–Crippen MR) is 146 cm³/mol. The summed E-state index contributed by atoms with van der Waals surface area (Å²) in [7, 11) is 2.23. The van der Waals surface area contributed by atoms with Crippen molar-refractivity contribution in [2.45, 2.75) is 38.3 Å². The highest BCUT2D eigenvalue weighted by Gasteiger charge is 2.41. The number of carbonyl (C=O) groups is 1. The monoisotopic (exact) mass is 498 g/mol. The summed E-state index contributed by atoms with van der Waals surface area (Å²) in [6.07, 6.45) is 6.64. The van der Waals surface area contributed by atoms with Crippen molar-refractivity contribution in [3.05, 3.63) is 54.4 Å². The Balaban J connectivity index is 1.14. The van der Waals surface area contributed by atoms with Gasteiger partial charge >= 0.3 is 0 Å². The number of aromatic nitrogens is 3. The molecule has 3 aliphatic heterocycles. The highest BCUT2D eigenvalue weighted by molar-refractivity contribution is 5.77. The Morgan fingerprint density at radius 2 is 1.97 bits per heavy atom. The van der Waals surface area contributed by atoms with Crippen molar-refractivity contribution in [2.75, 3.05) is 48.3 Å². The van der Waals surface area contributed by atoms with Gasteiger partial charge in [-0.15, -0.1) is 0 Å². The molecule has 0 saturated carbocycles. The van der Waals surface area contributed by atoms with E-state index in [9.17, 15) is 4.79 Å². The molecule has 1 amide bonds. The summed E-state index contributed by atoms with van der Waals surface area (Å²) < 4.78 is 0. The van der Waals surface area contributed by atoms with E-state index in [2.05, 4.69) is 62.2 Å². The average Bonchev–Trinajstić information content (AvgIpc) is 3.49. The minimum Gasteiger partial charge on any atom is -0.369 e. The Morgan fingerprint density at radius 3 is 2.68 bits per heavy atom. The number of likely N-dealkylation sites (tertiary alicyclic amines) is 1. The molecule has 1 aromatic carbocycles. The van der Waals surface area contributed by atoms with Gasteiger partial charge in [-0.3, -0.25) is 9.69 Å². The highest BCUT2D eigenvalue weighted by Crippen LogP contribution is 2.36. The van der Waals surface area contributed by atoms with Gasteiger partial charge in [-0.25, -0.2) is 15.0 Å². The first-order chi connectivity index (χ1) is 17.9. The molecule has 3 saturated heterocycles. The molecule has 6 rings (SSSR count). The number of nitrogens with two attached hydrogens (primary N) is 1. The molecule has 37 heavy (non-hydrogen) atoms. The second-order valence-electron chi connectivity index (χ2n) is 10.6. The van der Waals surface area contributed by atoms with Crippen LogP contribution in [0, 0.1) is 12.8 Å². The lowest BCUT2D eigenvalue weighted by molar-refractivity contribution is -0.122. The molecule has 2 bridgehead atoms. The molecule has 2 aromatic heterocycles. The first kappa shape index (κ1) is 23.7. The Bertz CT molecular complexity index is 1290. The number of primary amides is 1. The van der Waals surface area contributed by atoms with Crippen LogP contribution in [-0.2, 0) is 4.79 Å². The minimum absolute atomic E-state index is 0.115. The van der Waals surface area contributed by atoms with Crippen LogP contribution < -0.4 is 20.9 Å². The minimum atomic E-state index is -0.233. The zero-order valence-electron chi connectivity index (χ0n) is 21.5. The van der Waals surface area contributed by atoms with E-state index in [1.807, 2.05) is 24.4 Å². The number of nitrogens with zero attached hydrogens (tertiary/aromatic N) is 6. The van der Waals surface area contributed by atoms with E-state index in [-0.39, 0.29) is 11.8 Å². The van der Waals surface area contributed by atoms with Crippen LogP contribution in [0.5, 0.6) is 0 Å². The number of fused-ring (bicyclic) bond motifs is 2. The number of benzene rings is 1. The number of amides is 1. The summed E-state index contributed by atoms with van der Waals surface area (Å²) in [6, 6.07) is 13.7. The number of piperazine rings is 1. The van der Waals surface area contributed by atoms with E-state index in [0.717, 1.165) is 55.2 Å². The summed E-state index contributed by atoms with van der Waals surface area (Å²) in [5.74, 6) is 1.06. The molecule has 0 aliphatic carbocycles. The summed E-state index contributed by atoms with van der Waals surface area (Å²) >= 11 is 0. The Kier molecular flexibility index (Phi) is 6.16. The van der Waals surface area contributed by atoms with Gasteiger partial charge in [0, 0.05) is 67.6 Å². The van der Waals surface area contributed by atoms with Crippen molar-refractivity contribution in [1.82, 2.24) is 19.9 Å². The molecule has 3 N–H and O–H groups in total. The number of hydrogen-bond acceptors (Lipinski definition) is 8. The number of nitrogens with one attached hydrogen (secondary N) is 1. The predicted octanol–water partition coefficient (Wildman–Crippen LogP) is 3.19. The first-order valence-electron chi connectivity index (χ1n) is 13.1. The molecule has 3 atom stereocenters. The summed E-state index contributed by atoms with van der Waals surface area (Å²) in [5, 5.41) is 3.37. The van der Waals surface area contributed by atoms with Crippen molar-refractivity contribution in [3.63, 3.8) is 0 Å². The number of piperidine rings is 1. The van der Waals surface area contributed by atoms with Crippen LogP contribution in [0.3, 0.4) is 0 Å². The van der Waals surface area contributed by atoms with Crippen molar-refractivity contribution < 1.29 is 4.79 Å². The molecule has 5 heterocycles. The molecule has 192 valence electrons. The van der Waals surface area contributed by atoms with E-state index < -0.39 is 0 Å². The molecule has 0 spiro atoms. The fourth-order valence-electron chi connectivity index (χ4n) is 6.07. The summed E-state index contributed by atoms with van der Waals surface area (Å²) in [6.45, 7) is 5.93. The van der Waals surface area contributed by atoms with E-state index in [0.29, 0.717) is 24.6 Å². The largest absolute Gasteiger partial charge is 0.369 e. The molecule has 3 aromatic rings. The Labute approximate surface area is 217 Å². The third-order valence-corrected chi connectivity index (χ3v) is 8.12. The smallest absolute Gasteiger partial charge is 0.227 e. The third-order valence-electron chi connectivity index (χ3n) is 8.12. The third kappa shape index (κ3) is 4.71. The second-order valence-corrected chi connectivity index (χ2v) is 10.6. The van der Waals surface area contributed by atoms with Crippen LogP contribution in [0.4, 0.5) is 23.1 Å². The number of aryl methyl sites for hydroxylation is 1. The van der Waals surface area contributed by atoms with Gasteiger partial charge in [0.05, 0.1) is 11.6 Å². The van der Waals surface area contributed by atoms with E-state index >= 15 is 0 Å². The van der Waals surface area contributed by atoms with Gasteiger partial charge in [0.1, 0.15) is 5.82 Å². The quantitative estimate of drug-likeness (QED) is 0.534. The van der Waals surface area contributed by atoms with Crippen LogP contribution in [-0.4, -0.2) is 71.1 Å². The topological polar surface area (TPSA) is 104 Å². The lowest BCUT2D eigenvalue weighted by Crippen LogP contribution is -2.44. The standard InChI is InChI=1S/C28H34N8O/c1-18-12-21(6-7-25(18)36-17-22-13-23(36)16-34(22)2)32-28-30-10-9-24(33-28)19-5-8-26(31-14-19)35-11-3-4-20(15-35)27(29)37/h5-10,12,14,20,22-23H,3-4,11,13,15-17H2,1-2H3,(H2,29,37)(H,30,32,33)/t20?,22-,23-/m0/s1. The number of hydrogen-bond donors (Lipinski definition) is 2. The van der Waals surface area contributed by atoms with Gasteiger partial charge in [-0.1, -0.05) is 0 Å². The number of carbonyl (C=O) groups excluding carboxylic acids is 1. The van der Waals surface area contributed by atoms with E-state index in [1.54, 1.807) is 6.20 Å². The van der Waals surface area contributed by atoms with Gasteiger partial charge in [0.2, 0.25) is 11.9 Å². The normalized spacial score (nSPS) is 23.5. The van der Waals surface area contributed by atoms with Crippen LogP contribution in [0.15, 0.2) is 48.8 Å². The van der Waals surface area contributed by atoms with Gasteiger partial charge in [0.25, 0.3) is 0 Å². The Morgan fingerprint density at radius 1 is 1.08 bits per heavy atom. The maximum Gasteiger partial charge on any atom is 0.227 e. The zero-order valence-corrected chi connectivity index (χ0v) is 21.5. The van der Waals surface area contributed by atoms with Gasteiger partial charge in [-0.2, -0.15) is 0 Å². The Hall–Kier alpha value is -3.72. The van der Waals surface area contributed by atoms with E-state index in [1.165, 1.54) is 17.7 Å². The van der Waals surface area contributed by atoms with Crippen LogP contribution >= 0.6 is 0 Å². The number of rotatable bonds is 6. The second kappa shape index (κ2) is 9.63. The van der Waals surface area contributed by atoms with Crippen molar-refractivity contribution in [1.29, 1.82) is 0 Å². The van der Waals surface area contributed by atoms with Crippen LogP contribution in [0.1, 0.15) is 24.8 Å². The molecule has 0 radical (unpaired) electrons. The molecule has 3 fully saturated rings. The fraction of sp³-hybridized carbons (Fsp3) is 0.429. The molecular formula is C28H34N8O. The summed E-state index contributed by atoms with van der Waals surface area (Å²) in [4.78, 5) is 32.6. The fourth-order valence-corrected chi connectivity index (χ4v) is 6.07. The molecular weight excluding hydrogens is 464 g/mol. The maximum absolute atomic E-state index is 11.6. The molecule has 1 unspecified atom stereocenters. The number of pyridine rings is 1. The van der Waals surface area contributed by atoms with Crippen LogP contribution in [0.2, 0.25) is 0 Å². The average molecular weight is 499 g/mol. The summed E-state index contributed by atoms with van der Waals surface area (Å²) in [5.41, 5.74) is 10.8. The first-order valence-corrected chi connectivity index (χ1v) is 13.1. The molecule has 9 heteroatoms. The van der Waals surface area contributed by atoms with Crippen molar-refractivity contribution >= 4 is 29.0 Å². The van der Waals surface area contributed by atoms with Crippen molar-refractivity contribution in [3.8, 4) is 11.3 Å². The van der Waals surface area contributed by atoms with Gasteiger partial charge in [-0.05, 0) is 75.2 Å². The van der Waals surface area contributed by atoms with E-state index in [4.69, 9.17) is 10.7 Å².